The van der Waals surface area contributed by atoms with Gasteiger partial charge in [0.15, 0.2) is 0 Å². The van der Waals surface area contributed by atoms with Gasteiger partial charge in [0.2, 0.25) is 0 Å². The number of aromatic nitrogens is 2. The van der Waals surface area contributed by atoms with Crippen LogP contribution in [-0.4, -0.2) is 22.8 Å². The number of allylic oxidation sites excluding steroid dienone is 2. The number of hydrogen-bond acceptors (Lipinski definition) is 2. The zero-order valence-corrected chi connectivity index (χ0v) is 13.8. The van der Waals surface area contributed by atoms with E-state index in [0.717, 1.165) is 17.9 Å². The lowest BCUT2D eigenvalue weighted by molar-refractivity contribution is 0.129. The molecule has 1 heterocycles. The van der Waals surface area contributed by atoms with E-state index in [9.17, 15) is 4.39 Å². The number of nitrogens with zero attached hydrogens (tertiary/aromatic N) is 2. The first-order valence-electron chi connectivity index (χ1n) is 7.46. The molecule has 23 heavy (non-hydrogen) atoms. The molecule has 0 amide bonds. The summed E-state index contributed by atoms with van der Waals surface area (Å²) in [4.78, 5) is 4.44. The Kier molecular flexibility index (Phi) is 4.64. The van der Waals surface area contributed by atoms with Crippen LogP contribution in [0.25, 0.3) is 11.4 Å². The minimum Gasteiger partial charge on any atom is -0.377 e. The smallest absolute Gasteiger partial charge is 0.142 e. The summed E-state index contributed by atoms with van der Waals surface area (Å²) in [7, 11) is 1.72. The number of rotatable bonds is 4. The molecule has 0 saturated carbocycles. The van der Waals surface area contributed by atoms with Crippen LogP contribution >= 0.6 is 11.6 Å². The molecule has 2 aromatic rings. The van der Waals surface area contributed by atoms with Crippen molar-refractivity contribution in [3.05, 3.63) is 64.7 Å². The average molecular weight is 333 g/mol. The first kappa shape index (κ1) is 16.0. The molecule has 1 aliphatic rings. The Bertz CT molecular complexity index is 779. The molecule has 1 aliphatic carbocycles. The van der Waals surface area contributed by atoms with Gasteiger partial charge in [-0.2, -0.15) is 0 Å². The standard InChI is InChI=1S/C18H18ClFN2O/c1-12-10-21-18(13-7-8-15(19)16(20)9-13)22(12)11-14-5-3-4-6-17(14)23-2/h3-5,7-10,17H,6,11H2,1-2H3. The van der Waals surface area contributed by atoms with Crippen molar-refractivity contribution >= 4 is 11.6 Å². The minimum atomic E-state index is -0.439. The fraction of sp³-hybridized carbons (Fsp3) is 0.278. The summed E-state index contributed by atoms with van der Waals surface area (Å²) >= 11 is 5.77. The highest BCUT2D eigenvalue weighted by molar-refractivity contribution is 6.30. The quantitative estimate of drug-likeness (QED) is 0.821. The molecule has 0 saturated heterocycles. The van der Waals surface area contributed by atoms with Gasteiger partial charge in [0.05, 0.1) is 11.1 Å². The third-order valence-electron chi connectivity index (χ3n) is 4.07. The van der Waals surface area contributed by atoms with Gasteiger partial charge in [-0.25, -0.2) is 9.37 Å². The zero-order valence-electron chi connectivity index (χ0n) is 13.1. The summed E-state index contributed by atoms with van der Waals surface area (Å²) in [6.07, 6.45) is 8.93. The van der Waals surface area contributed by atoms with E-state index in [-0.39, 0.29) is 11.1 Å². The van der Waals surface area contributed by atoms with Crippen LogP contribution in [0.15, 0.2) is 48.2 Å². The van der Waals surface area contributed by atoms with Crippen LogP contribution in [-0.2, 0) is 11.3 Å². The van der Waals surface area contributed by atoms with Gasteiger partial charge in [-0.15, -0.1) is 0 Å². The van der Waals surface area contributed by atoms with Crippen molar-refractivity contribution in [2.24, 2.45) is 0 Å². The highest BCUT2D eigenvalue weighted by Gasteiger charge is 2.18. The molecule has 5 heteroatoms. The molecule has 0 fully saturated rings. The normalized spacial score (nSPS) is 17.4. The van der Waals surface area contributed by atoms with E-state index in [0.29, 0.717) is 12.1 Å². The molecule has 0 bridgehead atoms. The molecule has 120 valence electrons. The van der Waals surface area contributed by atoms with Crippen molar-refractivity contribution in [3.63, 3.8) is 0 Å². The molecular weight excluding hydrogens is 315 g/mol. The molecule has 3 rings (SSSR count). The number of halogens is 2. The predicted octanol–water partition coefficient (Wildman–Crippen LogP) is 4.55. The first-order chi connectivity index (χ1) is 11.1. The van der Waals surface area contributed by atoms with Crippen molar-refractivity contribution in [1.82, 2.24) is 9.55 Å². The van der Waals surface area contributed by atoms with Crippen molar-refractivity contribution in [1.29, 1.82) is 0 Å². The van der Waals surface area contributed by atoms with Crippen molar-refractivity contribution in [2.75, 3.05) is 7.11 Å². The van der Waals surface area contributed by atoms with Gasteiger partial charge in [0.1, 0.15) is 11.6 Å². The molecule has 1 atom stereocenters. The number of benzene rings is 1. The highest BCUT2D eigenvalue weighted by atomic mass is 35.5. The zero-order chi connectivity index (χ0) is 16.4. The van der Waals surface area contributed by atoms with E-state index in [1.807, 2.05) is 13.0 Å². The fourth-order valence-electron chi connectivity index (χ4n) is 2.76. The van der Waals surface area contributed by atoms with Crippen LogP contribution in [0.4, 0.5) is 4.39 Å². The van der Waals surface area contributed by atoms with Gasteiger partial charge < -0.3 is 9.30 Å². The number of hydrogen-bond donors (Lipinski definition) is 0. The van der Waals surface area contributed by atoms with Crippen molar-refractivity contribution < 1.29 is 9.13 Å². The maximum Gasteiger partial charge on any atom is 0.142 e. The first-order valence-corrected chi connectivity index (χ1v) is 7.84. The summed E-state index contributed by atoms with van der Waals surface area (Å²) in [5.41, 5.74) is 2.90. The molecule has 0 aliphatic heterocycles. The van der Waals surface area contributed by atoms with E-state index in [1.54, 1.807) is 25.4 Å². The van der Waals surface area contributed by atoms with Crippen molar-refractivity contribution in [2.45, 2.75) is 26.0 Å². The minimum absolute atomic E-state index is 0.0663. The Hall–Kier alpha value is -1.91. The summed E-state index contributed by atoms with van der Waals surface area (Å²) in [5, 5.41) is 0.114. The second-order valence-corrected chi connectivity index (χ2v) is 5.98. The summed E-state index contributed by atoms with van der Waals surface area (Å²) < 4.78 is 21.4. The van der Waals surface area contributed by atoms with Gasteiger partial charge in [-0.1, -0.05) is 29.8 Å². The summed E-state index contributed by atoms with van der Waals surface area (Å²) in [6.45, 7) is 2.65. The third kappa shape index (κ3) is 3.23. The second-order valence-electron chi connectivity index (χ2n) is 5.57. The molecule has 1 aromatic heterocycles. The Balaban J connectivity index is 1.97. The van der Waals surface area contributed by atoms with E-state index >= 15 is 0 Å². The Morgan fingerprint density at radius 1 is 1.43 bits per heavy atom. The lowest BCUT2D eigenvalue weighted by Crippen LogP contribution is -2.20. The van der Waals surface area contributed by atoms with Crippen LogP contribution < -0.4 is 0 Å². The number of methoxy groups -OCH3 is 1. The molecule has 0 spiro atoms. The maximum atomic E-state index is 13.8. The van der Waals surface area contributed by atoms with E-state index < -0.39 is 5.82 Å². The maximum absolute atomic E-state index is 13.8. The SMILES string of the molecule is COC1CC=CC=C1Cn1c(C)cnc1-c1ccc(Cl)c(F)c1. The lowest BCUT2D eigenvalue weighted by atomic mass is 10.0. The fourth-order valence-corrected chi connectivity index (χ4v) is 2.88. The van der Waals surface area contributed by atoms with E-state index in [2.05, 4.69) is 21.7 Å². The summed E-state index contributed by atoms with van der Waals surface area (Å²) in [5.74, 6) is 0.286. The lowest BCUT2D eigenvalue weighted by Gasteiger charge is -2.22. The molecule has 0 N–H and O–H groups in total. The Morgan fingerprint density at radius 3 is 3.00 bits per heavy atom. The molecule has 1 unspecified atom stereocenters. The van der Waals surface area contributed by atoms with Gasteiger partial charge in [-0.05, 0) is 37.1 Å². The largest absolute Gasteiger partial charge is 0.377 e. The predicted molar refractivity (Wildman–Crippen MR) is 90.0 cm³/mol. The van der Waals surface area contributed by atoms with E-state index in [1.165, 1.54) is 11.6 Å². The molecule has 0 radical (unpaired) electrons. The van der Waals surface area contributed by atoms with Gasteiger partial charge in [0, 0.05) is 31.1 Å². The van der Waals surface area contributed by atoms with E-state index in [4.69, 9.17) is 16.3 Å². The van der Waals surface area contributed by atoms with Crippen LogP contribution in [0, 0.1) is 12.7 Å². The Labute approximate surface area is 140 Å². The average Bonchev–Trinajstić information content (AvgIpc) is 2.92. The molecular formula is C18H18ClFN2O. The summed E-state index contributed by atoms with van der Waals surface area (Å²) in [6, 6.07) is 4.76. The van der Waals surface area contributed by atoms with Crippen molar-refractivity contribution in [3.8, 4) is 11.4 Å². The van der Waals surface area contributed by atoms with Crippen LogP contribution in [0.1, 0.15) is 12.1 Å². The van der Waals surface area contributed by atoms with Gasteiger partial charge in [0.25, 0.3) is 0 Å². The van der Waals surface area contributed by atoms with Crippen LogP contribution in [0.3, 0.4) is 0 Å². The Morgan fingerprint density at radius 2 is 2.26 bits per heavy atom. The van der Waals surface area contributed by atoms with Gasteiger partial charge in [-0.3, -0.25) is 0 Å². The highest BCUT2D eigenvalue weighted by Crippen LogP contribution is 2.26. The van der Waals surface area contributed by atoms with Gasteiger partial charge >= 0.3 is 0 Å². The monoisotopic (exact) mass is 332 g/mol. The van der Waals surface area contributed by atoms with Crippen LogP contribution in [0.5, 0.6) is 0 Å². The number of aryl methyl sites for hydroxylation is 1. The number of ether oxygens (including phenoxy) is 1. The number of imidazole rings is 1. The van der Waals surface area contributed by atoms with Crippen LogP contribution in [0.2, 0.25) is 5.02 Å². The second kappa shape index (κ2) is 6.69. The molecule has 3 nitrogen and oxygen atoms in total. The topological polar surface area (TPSA) is 27.1 Å². The molecule has 1 aromatic carbocycles. The third-order valence-corrected chi connectivity index (χ3v) is 4.37.